The van der Waals surface area contributed by atoms with Crippen molar-refractivity contribution in [3.63, 3.8) is 0 Å². The van der Waals surface area contributed by atoms with E-state index in [1.807, 2.05) is 5.48 Å². The van der Waals surface area contributed by atoms with Crippen molar-refractivity contribution >= 4 is 11.7 Å². The number of nitrogens with one attached hydrogen (secondary N) is 1. The number of ether oxygens (including phenoxy) is 2. The number of carbonyl (C=O) groups is 1. The minimum atomic E-state index is -5.07. The van der Waals surface area contributed by atoms with Crippen molar-refractivity contribution in [2.45, 2.75) is 46.1 Å². The van der Waals surface area contributed by atoms with E-state index in [2.05, 4.69) is 4.84 Å². The molecular formula is C14H18F3NO4. The van der Waals surface area contributed by atoms with Crippen LogP contribution in [0, 0.1) is 0 Å². The van der Waals surface area contributed by atoms with Crippen molar-refractivity contribution in [3.05, 3.63) is 18.2 Å². The lowest BCUT2D eigenvalue weighted by molar-refractivity contribution is -0.196. The summed E-state index contributed by atoms with van der Waals surface area (Å²) < 4.78 is 47.2. The quantitative estimate of drug-likeness (QED) is 0.810. The molecule has 0 unspecified atom stereocenters. The van der Waals surface area contributed by atoms with Gasteiger partial charge in [-0.15, -0.1) is 0 Å². The monoisotopic (exact) mass is 321 g/mol. The smallest absolute Gasteiger partial charge is 0.491 e. The first-order valence-electron chi connectivity index (χ1n) is 6.60. The average Bonchev–Trinajstić information content (AvgIpc) is 2.32. The molecule has 0 saturated carbocycles. The minimum Gasteiger partial charge on any atom is -0.491 e. The molecule has 124 valence electrons. The second-order valence-corrected chi connectivity index (χ2v) is 5.02. The topological polar surface area (TPSA) is 56.8 Å². The van der Waals surface area contributed by atoms with Gasteiger partial charge in [0, 0.05) is 18.2 Å². The van der Waals surface area contributed by atoms with E-state index in [0.29, 0.717) is 11.5 Å². The number of benzene rings is 1. The Morgan fingerprint density at radius 1 is 1.00 bits per heavy atom. The Labute approximate surface area is 126 Å². The highest BCUT2D eigenvalue weighted by Crippen LogP contribution is 2.28. The molecule has 0 fully saturated rings. The first kappa shape index (κ1) is 17.9. The van der Waals surface area contributed by atoms with Gasteiger partial charge in [0.05, 0.1) is 17.9 Å². The van der Waals surface area contributed by atoms with Crippen molar-refractivity contribution in [3.8, 4) is 11.5 Å². The molecule has 0 saturated heterocycles. The highest BCUT2D eigenvalue weighted by molar-refractivity contribution is 5.76. The molecule has 0 amide bonds. The Morgan fingerprint density at radius 3 is 1.82 bits per heavy atom. The standard InChI is InChI=1S/C14H18F3NO4/c1-8(2)20-11-5-10(6-12(7-11)21-9(3)4)18-22-13(19)14(15,16)17/h5-9,18H,1-4H3. The van der Waals surface area contributed by atoms with Gasteiger partial charge in [0.2, 0.25) is 0 Å². The first-order valence-corrected chi connectivity index (χ1v) is 6.60. The van der Waals surface area contributed by atoms with Crippen LogP contribution in [0.1, 0.15) is 27.7 Å². The first-order chi connectivity index (χ1) is 10.1. The molecule has 0 aliphatic rings. The van der Waals surface area contributed by atoms with Gasteiger partial charge in [-0.2, -0.15) is 13.2 Å². The number of alkyl halides is 3. The molecule has 1 aromatic rings. The third-order valence-corrected chi connectivity index (χ3v) is 2.12. The van der Waals surface area contributed by atoms with Crippen molar-refractivity contribution in [2.24, 2.45) is 0 Å². The van der Waals surface area contributed by atoms with E-state index in [1.54, 1.807) is 33.8 Å². The Kier molecular flexibility index (Phi) is 5.90. The fourth-order valence-electron chi connectivity index (χ4n) is 1.47. The van der Waals surface area contributed by atoms with Crippen LogP contribution in [0.3, 0.4) is 0 Å². The Bertz CT molecular complexity index is 487. The molecule has 0 heterocycles. The molecule has 0 aliphatic heterocycles. The van der Waals surface area contributed by atoms with Gasteiger partial charge in [-0.05, 0) is 27.7 Å². The second-order valence-electron chi connectivity index (χ2n) is 5.02. The average molecular weight is 321 g/mol. The van der Waals surface area contributed by atoms with Crippen molar-refractivity contribution in [1.82, 2.24) is 0 Å². The van der Waals surface area contributed by atoms with E-state index < -0.39 is 12.1 Å². The molecule has 0 bridgehead atoms. The summed E-state index contributed by atoms with van der Waals surface area (Å²) in [4.78, 5) is 14.7. The van der Waals surface area contributed by atoms with Gasteiger partial charge in [0.25, 0.3) is 0 Å². The minimum absolute atomic E-state index is 0.103. The predicted molar refractivity (Wildman–Crippen MR) is 73.7 cm³/mol. The van der Waals surface area contributed by atoms with E-state index in [1.165, 1.54) is 12.1 Å². The van der Waals surface area contributed by atoms with Gasteiger partial charge in [-0.3, -0.25) is 0 Å². The lowest BCUT2D eigenvalue weighted by Gasteiger charge is -2.16. The third-order valence-electron chi connectivity index (χ3n) is 2.12. The van der Waals surface area contributed by atoms with Crippen LogP contribution >= 0.6 is 0 Å². The number of anilines is 1. The van der Waals surface area contributed by atoms with Gasteiger partial charge >= 0.3 is 12.1 Å². The zero-order valence-electron chi connectivity index (χ0n) is 12.7. The van der Waals surface area contributed by atoms with E-state index in [9.17, 15) is 18.0 Å². The third kappa shape index (κ3) is 6.11. The zero-order valence-corrected chi connectivity index (χ0v) is 12.7. The van der Waals surface area contributed by atoms with Crippen LogP contribution in [0.2, 0.25) is 0 Å². The molecule has 1 aromatic carbocycles. The fraction of sp³-hybridized carbons (Fsp3) is 0.500. The number of rotatable bonds is 6. The molecule has 5 nitrogen and oxygen atoms in total. The van der Waals surface area contributed by atoms with Crippen LogP contribution in [0.5, 0.6) is 11.5 Å². The fourth-order valence-corrected chi connectivity index (χ4v) is 1.47. The predicted octanol–water partition coefficient (Wildman–Crippen LogP) is 3.69. The van der Waals surface area contributed by atoms with Gasteiger partial charge in [-0.1, -0.05) is 0 Å². The van der Waals surface area contributed by atoms with Crippen LogP contribution in [-0.4, -0.2) is 24.4 Å². The van der Waals surface area contributed by atoms with Crippen LogP contribution < -0.4 is 15.0 Å². The molecule has 0 atom stereocenters. The van der Waals surface area contributed by atoms with E-state index in [0.717, 1.165) is 0 Å². The lowest BCUT2D eigenvalue weighted by Crippen LogP contribution is -2.27. The van der Waals surface area contributed by atoms with E-state index >= 15 is 0 Å². The summed E-state index contributed by atoms with van der Waals surface area (Å²) in [7, 11) is 0. The van der Waals surface area contributed by atoms with Crippen LogP contribution in [-0.2, 0) is 9.63 Å². The summed E-state index contributed by atoms with van der Waals surface area (Å²) in [6, 6.07) is 4.39. The number of hydrogen-bond acceptors (Lipinski definition) is 5. The maximum absolute atomic E-state index is 12.1. The van der Waals surface area contributed by atoms with Gasteiger partial charge in [0.15, 0.2) is 0 Å². The van der Waals surface area contributed by atoms with E-state index in [4.69, 9.17) is 9.47 Å². The Hall–Kier alpha value is -2.12. The van der Waals surface area contributed by atoms with Gasteiger partial charge in [-0.25, -0.2) is 10.3 Å². The highest BCUT2D eigenvalue weighted by atomic mass is 19.4. The lowest BCUT2D eigenvalue weighted by atomic mass is 10.2. The highest BCUT2D eigenvalue weighted by Gasteiger charge is 2.41. The molecule has 0 aliphatic carbocycles. The molecule has 0 spiro atoms. The van der Waals surface area contributed by atoms with Crippen LogP contribution in [0.25, 0.3) is 0 Å². The summed E-state index contributed by atoms with van der Waals surface area (Å²) in [5.74, 6) is -1.59. The number of halogens is 3. The number of hydrogen-bond donors (Lipinski definition) is 1. The normalized spacial score (nSPS) is 11.5. The second kappa shape index (κ2) is 7.24. The molecule has 1 N–H and O–H groups in total. The van der Waals surface area contributed by atoms with Crippen molar-refractivity contribution in [1.29, 1.82) is 0 Å². The van der Waals surface area contributed by atoms with Gasteiger partial charge < -0.3 is 14.3 Å². The van der Waals surface area contributed by atoms with Gasteiger partial charge in [0.1, 0.15) is 11.5 Å². The molecule has 0 aromatic heterocycles. The zero-order chi connectivity index (χ0) is 16.9. The van der Waals surface area contributed by atoms with Crippen LogP contribution in [0.4, 0.5) is 18.9 Å². The van der Waals surface area contributed by atoms with E-state index in [-0.39, 0.29) is 17.9 Å². The maximum atomic E-state index is 12.1. The summed E-state index contributed by atoms with van der Waals surface area (Å²) in [5, 5.41) is 0. The molecular weight excluding hydrogens is 303 g/mol. The largest absolute Gasteiger partial charge is 0.493 e. The summed E-state index contributed by atoms with van der Waals surface area (Å²) in [5.41, 5.74) is 2.05. The number of carbonyl (C=O) groups excluding carboxylic acids is 1. The van der Waals surface area contributed by atoms with Crippen molar-refractivity contribution in [2.75, 3.05) is 5.48 Å². The van der Waals surface area contributed by atoms with Crippen molar-refractivity contribution < 1.29 is 32.3 Å². The SMILES string of the molecule is CC(C)Oc1cc(NOC(=O)C(F)(F)F)cc(OC(C)C)c1. The molecule has 1 rings (SSSR count). The summed E-state index contributed by atoms with van der Waals surface area (Å²) >= 11 is 0. The molecule has 8 heteroatoms. The summed E-state index contributed by atoms with van der Waals surface area (Å²) in [6.07, 6.45) is -5.35. The summed E-state index contributed by atoms with van der Waals surface area (Å²) in [6.45, 7) is 7.19. The molecule has 0 radical (unpaired) electrons. The Balaban J connectivity index is 2.89. The van der Waals surface area contributed by atoms with Crippen LogP contribution in [0.15, 0.2) is 18.2 Å². The Morgan fingerprint density at radius 2 is 1.45 bits per heavy atom. The maximum Gasteiger partial charge on any atom is 0.493 e. The molecule has 22 heavy (non-hydrogen) atoms.